The van der Waals surface area contributed by atoms with E-state index in [2.05, 4.69) is 22.0 Å². The lowest BCUT2D eigenvalue weighted by molar-refractivity contribution is -0.0279. The van der Waals surface area contributed by atoms with Gasteiger partial charge in [-0.3, -0.25) is 9.47 Å². The summed E-state index contributed by atoms with van der Waals surface area (Å²) >= 11 is 0. The number of methoxy groups -OCH3 is 1. The van der Waals surface area contributed by atoms with Crippen LogP contribution in [-0.2, 0) is 4.74 Å². The van der Waals surface area contributed by atoms with Crippen molar-refractivity contribution in [2.24, 2.45) is 5.92 Å². The Balaban J connectivity index is 1.50. The minimum atomic E-state index is -0.323. The molecular formula is C20H26N4O2. The molecule has 6 heteroatoms. The van der Waals surface area contributed by atoms with E-state index in [1.54, 1.807) is 7.11 Å². The van der Waals surface area contributed by atoms with Gasteiger partial charge in [0.1, 0.15) is 5.54 Å². The molecule has 0 amide bonds. The number of nitrogens with one attached hydrogen (secondary N) is 1. The second kappa shape index (κ2) is 6.57. The minimum Gasteiger partial charge on any atom is -0.384 e. The smallest absolute Gasteiger partial charge is 0.326 e. The number of hydrogen-bond acceptors (Lipinski definition) is 4. The average Bonchev–Trinajstić information content (AvgIpc) is 2.93. The van der Waals surface area contributed by atoms with Crippen LogP contribution in [0.4, 0.5) is 0 Å². The zero-order chi connectivity index (χ0) is 18.3. The minimum absolute atomic E-state index is 0.0251. The number of fused-ring (bicyclic) bond motifs is 1. The van der Waals surface area contributed by atoms with Crippen LogP contribution in [0, 0.1) is 24.2 Å². The standard InChI is InChI=1S/C20H26N4O2/c1-14-3-4-17-18(9-14)24(19(25)22-17)16-5-7-23(8-6-16)20(13-21)10-15(11-20)12-26-2/h3-4,9,15-16H,5-8,10-12H2,1-2H3,(H,22,25). The number of nitriles is 1. The van der Waals surface area contributed by atoms with Gasteiger partial charge in [-0.15, -0.1) is 0 Å². The highest BCUT2D eigenvalue weighted by molar-refractivity contribution is 5.76. The Kier molecular flexibility index (Phi) is 4.37. The first-order valence-corrected chi connectivity index (χ1v) is 9.42. The molecule has 1 saturated carbocycles. The van der Waals surface area contributed by atoms with Gasteiger partial charge in [0.05, 0.1) is 17.1 Å². The lowest BCUT2D eigenvalue weighted by Crippen LogP contribution is -2.59. The van der Waals surface area contributed by atoms with Crippen LogP contribution in [0.2, 0.25) is 0 Å². The van der Waals surface area contributed by atoms with Crippen LogP contribution in [0.3, 0.4) is 0 Å². The number of benzene rings is 1. The number of piperidine rings is 1. The number of rotatable bonds is 4. The number of aromatic nitrogens is 2. The summed E-state index contributed by atoms with van der Waals surface area (Å²) in [6.07, 6.45) is 3.60. The quantitative estimate of drug-likeness (QED) is 0.916. The van der Waals surface area contributed by atoms with Crippen LogP contribution in [0.1, 0.15) is 37.3 Å². The number of aryl methyl sites for hydroxylation is 1. The van der Waals surface area contributed by atoms with Crippen molar-refractivity contribution in [1.82, 2.24) is 14.5 Å². The predicted molar refractivity (Wildman–Crippen MR) is 100 cm³/mol. The molecule has 2 fully saturated rings. The maximum atomic E-state index is 12.5. The van der Waals surface area contributed by atoms with Gasteiger partial charge in [-0.2, -0.15) is 5.26 Å². The third kappa shape index (κ3) is 2.76. The van der Waals surface area contributed by atoms with Gasteiger partial charge in [-0.05, 0) is 56.2 Å². The zero-order valence-electron chi connectivity index (χ0n) is 15.5. The normalized spacial score (nSPS) is 27.3. The van der Waals surface area contributed by atoms with Crippen LogP contribution in [-0.4, -0.2) is 46.8 Å². The molecule has 2 aliphatic rings. The van der Waals surface area contributed by atoms with E-state index in [0.717, 1.165) is 62.0 Å². The first-order chi connectivity index (χ1) is 12.6. The molecule has 138 valence electrons. The molecule has 1 saturated heterocycles. The van der Waals surface area contributed by atoms with Gasteiger partial charge >= 0.3 is 5.69 Å². The van der Waals surface area contributed by atoms with E-state index in [-0.39, 0.29) is 17.3 Å². The number of H-pyrrole nitrogens is 1. The molecule has 4 rings (SSSR count). The van der Waals surface area contributed by atoms with Crippen molar-refractivity contribution in [2.75, 3.05) is 26.8 Å². The van der Waals surface area contributed by atoms with Crippen molar-refractivity contribution in [3.63, 3.8) is 0 Å². The van der Waals surface area contributed by atoms with Crippen LogP contribution in [0.5, 0.6) is 0 Å². The summed E-state index contributed by atoms with van der Waals surface area (Å²) in [7, 11) is 1.72. The maximum Gasteiger partial charge on any atom is 0.326 e. The van der Waals surface area contributed by atoms with E-state index in [1.807, 2.05) is 23.6 Å². The van der Waals surface area contributed by atoms with E-state index in [9.17, 15) is 10.1 Å². The summed E-state index contributed by atoms with van der Waals surface area (Å²) in [5.74, 6) is 0.497. The Bertz CT molecular complexity index is 893. The third-order valence-electron chi connectivity index (χ3n) is 6.17. The van der Waals surface area contributed by atoms with Gasteiger partial charge in [-0.1, -0.05) is 6.07 Å². The Hall–Kier alpha value is -2.10. The van der Waals surface area contributed by atoms with Crippen LogP contribution in [0.15, 0.2) is 23.0 Å². The number of ether oxygens (including phenoxy) is 1. The van der Waals surface area contributed by atoms with Crippen molar-refractivity contribution in [1.29, 1.82) is 5.26 Å². The summed E-state index contributed by atoms with van der Waals surface area (Å²) in [5, 5.41) is 9.75. The third-order valence-corrected chi connectivity index (χ3v) is 6.17. The Morgan fingerprint density at radius 2 is 2.08 bits per heavy atom. The van der Waals surface area contributed by atoms with Crippen LogP contribution < -0.4 is 5.69 Å². The fourth-order valence-corrected chi connectivity index (χ4v) is 4.82. The largest absolute Gasteiger partial charge is 0.384 e. The van der Waals surface area contributed by atoms with Crippen molar-refractivity contribution < 1.29 is 4.74 Å². The van der Waals surface area contributed by atoms with E-state index in [4.69, 9.17) is 4.74 Å². The average molecular weight is 354 g/mol. The fourth-order valence-electron chi connectivity index (χ4n) is 4.82. The summed E-state index contributed by atoms with van der Waals surface area (Å²) in [6.45, 7) is 4.52. The molecular weight excluding hydrogens is 328 g/mol. The zero-order valence-corrected chi connectivity index (χ0v) is 15.5. The summed E-state index contributed by atoms with van der Waals surface area (Å²) in [4.78, 5) is 17.8. The molecule has 1 aliphatic heterocycles. The Morgan fingerprint density at radius 3 is 2.73 bits per heavy atom. The first-order valence-electron chi connectivity index (χ1n) is 9.42. The lowest BCUT2D eigenvalue weighted by Gasteiger charge is -2.51. The van der Waals surface area contributed by atoms with Gasteiger partial charge in [-0.25, -0.2) is 4.79 Å². The van der Waals surface area contributed by atoms with Crippen molar-refractivity contribution >= 4 is 11.0 Å². The van der Waals surface area contributed by atoms with Gasteiger partial charge in [0, 0.05) is 32.8 Å². The molecule has 2 heterocycles. The number of imidazole rings is 1. The van der Waals surface area contributed by atoms with Gasteiger partial charge < -0.3 is 9.72 Å². The predicted octanol–water partition coefficient (Wildman–Crippen LogP) is 2.59. The summed E-state index contributed by atoms with van der Waals surface area (Å²) in [6, 6.07) is 8.84. The van der Waals surface area contributed by atoms with E-state index in [1.165, 1.54) is 0 Å². The number of hydrogen-bond donors (Lipinski definition) is 1. The fraction of sp³-hybridized carbons (Fsp3) is 0.600. The van der Waals surface area contributed by atoms with Crippen molar-refractivity contribution in [2.45, 2.75) is 44.2 Å². The van der Waals surface area contributed by atoms with E-state index >= 15 is 0 Å². The topological polar surface area (TPSA) is 74.0 Å². The lowest BCUT2D eigenvalue weighted by atomic mass is 9.67. The molecule has 1 aromatic heterocycles. The molecule has 0 spiro atoms. The number of likely N-dealkylation sites (tertiary alicyclic amines) is 1. The highest BCUT2D eigenvalue weighted by atomic mass is 16.5. The molecule has 1 aromatic carbocycles. The molecule has 0 bridgehead atoms. The highest BCUT2D eigenvalue weighted by Crippen LogP contribution is 2.44. The molecule has 0 radical (unpaired) electrons. The molecule has 0 unspecified atom stereocenters. The maximum absolute atomic E-state index is 12.5. The second-order valence-electron chi connectivity index (χ2n) is 7.91. The molecule has 1 aliphatic carbocycles. The summed E-state index contributed by atoms with van der Waals surface area (Å²) < 4.78 is 7.15. The van der Waals surface area contributed by atoms with Crippen molar-refractivity contribution in [3.8, 4) is 6.07 Å². The monoisotopic (exact) mass is 354 g/mol. The van der Waals surface area contributed by atoms with Gasteiger partial charge in [0.25, 0.3) is 0 Å². The molecule has 0 atom stereocenters. The van der Waals surface area contributed by atoms with E-state index in [0.29, 0.717) is 5.92 Å². The number of nitrogens with zero attached hydrogens (tertiary/aromatic N) is 3. The molecule has 26 heavy (non-hydrogen) atoms. The molecule has 1 N–H and O–H groups in total. The van der Waals surface area contributed by atoms with Crippen LogP contribution >= 0.6 is 0 Å². The van der Waals surface area contributed by atoms with Crippen molar-refractivity contribution in [3.05, 3.63) is 34.2 Å². The van der Waals surface area contributed by atoms with Gasteiger partial charge in [0.2, 0.25) is 0 Å². The summed E-state index contributed by atoms with van der Waals surface area (Å²) in [5.41, 5.74) is 2.70. The van der Waals surface area contributed by atoms with Crippen LogP contribution in [0.25, 0.3) is 11.0 Å². The number of aromatic amines is 1. The molecule has 6 nitrogen and oxygen atoms in total. The van der Waals surface area contributed by atoms with E-state index < -0.39 is 0 Å². The molecule has 2 aromatic rings. The SMILES string of the molecule is COCC1CC(C#N)(N2CCC(n3c(=O)[nH]c4ccc(C)cc43)CC2)C1. The second-order valence-corrected chi connectivity index (χ2v) is 7.91. The van der Waals surface area contributed by atoms with Gasteiger partial charge in [0.15, 0.2) is 0 Å². The highest BCUT2D eigenvalue weighted by Gasteiger charge is 2.49. The Morgan fingerprint density at radius 1 is 1.35 bits per heavy atom. The first kappa shape index (κ1) is 17.3. The Labute approximate surface area is 153 Å².